The van der Waals surface area contributed by atoms with E-state index in [0.717, 1.165) is 27.9 Å². The van der Waals surface area contributed by atoms with Gasteiger partial charge in [0.15, 0.2) is 0 Å². The van der Waals surface area contributed by atoms with E-state index in [-0.39, 0.29) is 12.3 Å². The Bertz CT molecular complexity index is 1150. The Morgan fingerprint density at radius 2 is 1.62 bits per heavy atom. The zero-order valence-electron chi connectivity index (χ0n) is 16.1. The quantitative estimate of drug-likeness (QED) is 0.404. The summed E-state index contributed by atoms with van der Waals surface area (Å²) in [6, 6.07) is 26.0. The van der Waals surface area contributed by atoms with Crippen LogP contribution in [0.1, 0.15) is 18.9 Å². The molecule has 144 valence electrons. The molecule has 1 heterocycles. The van der Waals surface area contributed by atoms with E-state index in [0.29, 0.717) is 6.54 Å². The van der Waals surface area contributed by atoms with Crippen LogP contribution in [0.4, 0.5) is 0 Å². The van der Waals surface area contributed by atoms with E-state index in [4.69, 9.17) is 0 Å². The predicted octanol–water partition coefficient (Wildman–Crippen LogP) is 4.03. The number of hydrogen-bond acceptors (Lipinski definition) is 4. The minimum atomic E-state index is -0.162. The van der Waals surface area contributed by atoms with Crippen LogP contribution < -0.4 is 5.43 Å². The molecule has 4 rings (SSSR count). The number of amides is 1. The number of aryl methyl sites for hydroxylation is 1. The third-order valence-corrected chi connectivity index (χ3v) is 4.73. The SMILES string of the molecule is C/C(=N/NC(=O)CCn1nnc2ccccc21)c1ccc(-c2ccccc2)cc1. The predicted molar refractivity (Wildman–Crippen MR) is 114 cm³/mol. The standard InChI is InChI=1S/C23H21N5O/c1-17(18-11-13-20(14-12-18)19-7-3-2-4-8-19)24-26-23(29)15-16-28-22-10-6-5-9-21(22)25-27-28/h2-14H,15-16H2,1H3,(H,26,29)/b24-17-. The highest BCUT2D eigenvalue weighted by Gasteiger charge is 2.07. The topological polar surface area (TPSA) is 72.2 Å². The van der Waals surface area contributed by atoms with E-state index >= 15 is 0 Å². The van der Waals surface area contributed by atoms with Crippen molar-refractivity contribution >= 4 is 22.7 Å². The lowest BCUT2D eigenvalue weighted by atomic mass is 10.0. The van der Waals surface area contributed by atoms with Gasteiger partial charge in [-0.05, 0) is 35.7 Å². The number of nitrogens with one attached hydrogen (secondary N) is 1. The number of carbonyl (C=O) groups is 1. The molecule has 1 amide bonds. The molecule has 0 fully saturated rings. The minimum absolute atomic E-state index is 0.162. The van der Waals surface area contributed by atoms with Gasteiger partial charge >= 0.3 is 0 Å². The number of fused-ring (bicyclic) bond motifs is 1. The first-order valence-corrected chi connectivity index (χ1v) is 9.48. The normalized spacial score (nSPS) is 11.6. The van der Waals surface area contributed by atoms with Gasteiger partial charge in [-0.2, -0.15) is 5.10 Å². The zero-order chi connectivity index (χ0) is 20.1. The van der Waals surface area contributed by atoms with Gasteiger partial charge in [0.1, 0.15) is 5.52 Å². The number of carbonyl (C=O) groups excluding carboxylic acids is 1. The molecule has 0 aliphatic heterocycles. The van der Waals surface area contributed by atoms with Crippen molar-refractivity contribution < 1.29 is 4.79 Å². The summed E-state index contributed by atoms with van der Waals surface area (Å²) in [6.07, 6.45) is 0.275. The molecule has 1 N–H and O–H groups in total. The number of hydrazone groups is 1. The smallest absolute Gasteiger partial charge is 0.241 e. The van der Waals surface area contributed by atoms with Gasteiger partial charge in [-0.3, -0.25) is 4.79 Å². The Balaban J connectivity index is 1.35. The number of aromatic nitrogens is 3. The number of nitrogens with zero attached hydrogens (tertiary/aromatic N) is 4. The first kappa shape index (κ1) is 18.6. The molecule has 3 aromatic carbocycles. The molecule has 4 aromatic rings. The monoisotopic (exact) mass is 383 g/mol. The molecule has 0 saturated carbocycles. The first-order valence-electron chi connectivity index (χ1n) is 9.48. The van der Waals surface area contributed by atoms with Crippen molar-refractivity contribution in [2.75, 3.05) is 0 Å². The number of hydrogen-bond donors (Lipinski definition) is 1. The van der Waals surface area contributed by atoms with E-state index in [1.165, 1.54) is 5.56 Å². The second-order valence-electron chi connectivity index (χ2n) is 6.73. The van der Waals surface area contributed by atoms with Crippen molar-refractivity contribution in [2.24, 2.45) is 5.10 Å². The second kappa shape index (κ2) is 8.48. The second-order valence-corrected chi connectivity index (χ2v) is 6.73. The zero-order valence-corrected chi connectivity index (χ0v) is 16.1. The Labute approximate surface area is 168 Å². The molecule has 0 saturated heterocycles. The molecular weight excluding hydrogens is 362 g/mol. The fourth-order valence-electron chi connectivity index (χ4n) is 3.09. The lowest BCUT2D eigenvalue weighted by molar-refractivity contribution is -0.121. The van der Waals surface area contributed by atoms with Gasteiger partial charge in [0.05, 0.1) is 17.8 Å². The van der Waals surface area contributed by atoms with Crippen LogP contribution in [0.2, 0.25) is 0 Å². The summed E-state index contributed by atoms with van der Waals surface area (Å²) in [4.78, 5) is 12.2. The van der Waals surface area contributed by atoms with E-state index in [1.54, 1.807) is 4.68 Å². The molecule has 29 heavy (non-hydrogen) atoms. The van der Waals surface area contributed by atoms with Crippen molar-refractivity contribution in [3.63, 3.8) is 0 Å². The molecule has 1 aromatic heterocycles. The van der Waals surface area contributed by atoms with Crippen molar-refractivity contribution in [1.82, 2.24) is 20.4 Å². The Kier molecular flexibility index (Phi) is 5.42. The van der Waals surface area contributed by atoms with Crippen molar-refractivity contribution in [2.45, 2.75) is 19.9 Å². The fraction of sp³-hybridized carbons (Fsp3) is 0.130. The Morgan fingerprint density at radius 1 is 0.931 bits per heavy atom. The lowest BCUT2D eigenvalue weighted by Gasteiger charge is -2.06. The van der Waals surface area contributed by atoms with Crippen molar-refractivity contribution in [1.29, 1.82) is 0 Å². The van der Waals surface area contributed by atoms with Gasteiger partial charge in [-0.1, -0.05) is 71.9 Å². The summed E-state index contributed by atoms with van der Waals surface area (Å²) in [7, 11) is 0. The van der Waals surface area contributed by atoms with Crippen molar-refractivity contribution in [3.8, 4) is 11.1 Å². The van der Waals surface area contributed by atoms with Crippen LogP contribution in [0.5, 0.6) is 0 Å². The summed E-state index contributed by atoms with van der Waals surface area (Å²) < 4.78 is 1.73. The minimum Gasteiger partial charge on any atom is -0.273 e. The number of benzene rings is 3. The molecule has 0 atom stereocenters. The molecule has 0 unspecified atom stereocenters. The molecule has 0 aliphatic carbocycles. The highest BCUT2D eigenvalue weighted by molar-refractivity contribution is 5.99. The maximum Gasteiger partial charge on any atom is 0.241 e. The molecule has 6 nitrogen and oxygen atoms in total. The number of para-hydroxylation sites is 1. The molecule has 6 heteroatoms. The van der Waals surface area contributed by atoms with Gasteiger partial charge in [0, 0.05) is 6.42 Å². The first-order chi connectivity index (χ1) is 14.2. The molecule has 0 radical (unpaired) electrons. The third-order valence-electron chi connectivity index (χ3n) is 4.73. The van der Waals surface area contributed by atoms with Gasteiger partial charge in [0.25, 0.3) is 0 Å². The van der Waals surface area contributed by atoms with Crippen molar-refractivity contribution in [3.05, 3.63) is 84.4 Å². The van der Waals surface area contributed by atoms with E-state index < -0.39 is 0 Å². The van der Waals surface area contributed by atoms with E-state index in [2.05, 4.69) is 45.1 Å². The summed E-state index contributed by atoms with van der Waals surface area (Å²) in [5, 5.41) is 12.4. The van der Waals surface area contributed by atoms with Crippen LogP contribution in [-0.2, 0) is 11.3 Å². The van der Waals surface area contributed by atoms with Gasteiger partial charge in [-0.15, -0.1) is 5.10 Å². The molecular formula is C23H21N5O. The highest BCUT2D eigenvalue weighted by Crippen LogP contribution is 2.19. The average molecular weight is 383 g/mol. The molecule has 0 bridgehead atoms. The van der Waals surface area contributed by atoms with Crippen LogP contribution in [0.15, 0.2) is 84.0 Å². The summed E-state index contributed by atoms with van der Waals surface area (Å²) in [6.45, 7) is 2.33. The largest absolute Gasteiger partial charge is 0.273 e. The summed E-state index contributed by atoms with van der Waals surface area (Å²) in [5.74, 6) is -0.162. The summed E-state index contributed by atoms with van der Waals surface area (Å²) in [5.41, 5.74) is 8.39. The Morgan fingerprint density at radius 3 is 2.41 bits per heavy atom. The number of rotatable bonds is 6. The average Bonchev–Trinajstić information content (AvgIpc) is 3.20. The van der Waals surface area contributed by atoms with Crippen LogP contribution in [0.3, 0.4) is 0 Å². The maximum atomic E-state index is 12.2. The van der Waals surface area contributed by atoms with Crippen LogP contribution in [-0.4, -0.2) is 26.6 Å². The fourth-order valence-corrected chi connectivity index (χ4v) is 3.09. The summed E-state index contributed by atoms with van der Waals surface area (Å²) >= 11 is 0. The maximum absolute atomic E-state index is 12.2. The van der Waals surface area contributed by atoms with Crippen LogP contribution >= 0.6 is 0 Å². The molecule has 0 spiro atoms. The Hall–Kier alpha value is -3.80. The van der Waals surface area contributed by atoms with Crippen LogP contribution in [0.25, 0.3) is 22.2 Å². The van der Waals surface area contributed by atoms with Gasteiger partial charge < -0.3 is 0 Å². The highest BCUT2D eigenvalue weighted by atomic mass is 16.2. The van der Waals surface area contributed by atoms with E-state index in [9.17, 15) is 4.79 Å². The van der Waals surface area contributed by atoms with Crippen LogP contribution in [0, 0.1) is 0 Å². The third kappa shape index (κ3) is 4.38. The van der Waals surface area contributed by atoms with Gasteiger partial charge in [0.2, 0.25) is 5.91 Å². The van der Waals surface area contributed by atoms with E-state index in [1.807, 2.05) is 61.5 Å². The van der Waals surface area contributed by atoms with Gasteiger partial charge in [-0.25, -0.2) is 10.1 Å². The molecule has 0 aliphatic rings. The lowest BCUT2D eigenvalue weighted by Crippen LogP contribution is -2.21.